The number of halogens is 1. The molecule has 6 heteroatoms. The minimum absolute atomic E-state index is 0. The second-order valence-corrected chi connectivity index (χ2v) is 2.26. The van der Waals surface area contributed by atoms with Crippen LogP contribution < -0.4 is 0 Å². The van der Waals surface area contributed by atoms with Crippen molar-refractivity contribution in [2.24, 2.45) is 0 Å². The van der Waals surface area contributed by atoms with E-state index in [4.69, 9.17) is 20.4 Å². The number of rotatable bonds is 5. The largest absolute Gasteiger partial charge is 0.394 e. The molecule has 0 radical (unpaired) electrons. The van der Waals surface area contributed by atoms with Gasteiger partial charge in [0, 0.05) is 7.11 Å². The highest BCUT2D eigenvalue weighted by atomic mass is 35.5. The summed E-state index contributed by atoms with van der Waals surface area (Å²) in [6.45, 7) is -0.653. The fourth-order valence-corrected chi connectivity index (χ4v) is 0.634. The molecule has 0 saturated heterocycles. The molecule has 4 N–H and O–H groups in total. The lowest BCUT2D eigenvalue weighted by Crippen LogP contribution is -2.41. The Kier molecular flexibility index (Phi) is 9.40. The maximum atomic E-state index is 8.98. The minimum atomic E-state index is -1.36. The number of ether oxygens (including phenoxy) is 1. The SMILES string of the molecule is COC[C@H](O)[C@H](O)[C@H](O)CO.Cl. The Morgan fingerprint density at radius 1 is 1.17 bits per heavy atom. The second kappa shape index (κ2) is 7.72. The maximum Gasteiger partial charge on any atom is 0.110 e. The molecule has 0 saturated carbocycles. The number of hydrogen-bond donors (Lipinski definition) is 4. The topological polar surface area (TPSA) is 90.2 Å². The standard InChI is InChI=1S/C6H14O5.ClH/c1-11-3-5(9)6(10)4(8)2-7;/h4-10H,2-3H2,1H3;1H/t4-,5+,6-;/m1./s1. The van der Waals surface area contributed by atoms with Crippen LogP contribution in [-0.4, -0.2) is 59.1 Å². The Labute approximate surface area is 77.0 Å². The van der Waals surface area contributed by atoms with Gasteiger partial charge in [0.15, 0.2) is 0 Å². The smallest absolute Gasteiger partial charge is 0.110 e. The predicted molar refractivity (Wildman–Crippen MR) is 44.2 cm³/mol. The molecular weight excluding hydrogens is 188 g/mol. The van der Waals surface area contributed by atoms with Gasteiger partial charge in [-0.15, -0.1) is 12.4 Å². The monoisotopic (exact) mass is 202 g/mol. The van der Waals surface area contributed by atoms with Crippen LogP contribution in [0.4, 0.5) is 0 Å². The van der Waals surface area contributed by atoms with Gasteiger partial charge < -0.3 is 25.2 Å². The van der Waals surface area contributed by atoms with Crippen molar-refractivity contribution in [1.29, 1.82) is 0 Å². The van der Waals surface area contributed by atoms with Crippen molar-refractivity contribution in [2.45, 2.75) is 18.3 Å². The molecule has 0 amide bonds. The van der Waals surface area contributed by atoms with Crippen LogP contribution in [0.1, 0.15) is 0 Å². The van der Waals surface area contributed by atoms with Gasteiger partial charge in [-0.05, 0) is 0 Å². The van der Waals surface area contributed by atoms with Crippen LogP contribution in [-0.2, 0) is 4.74 Å². The normalized spacial score (nSPS) is 17.8. The van der Waals surface area contributed by atoms with Crippen molar-refractivity contribution in [3.63, 3.8) is 0 Å². The third kappa shape index (κ3) is 4.87. The summed E-state index contributed by atoms with van der Waals surface area (Å²) in [4.78, 5) is 0. The van der Waals surface area contributed by atoms with Crippen molar-refractivity contribution in [3.05, 3.63) is 0 Å². The molecule has 5 nitrogen and oxygen atoms in total. The van der Waals surface area contributed by atoms with E-state index in [1.54, 1.807) is 0 Å². The molecular formula is C6H15ClO5. The Balaban J connectivity index is 0. The maximum absolute atomic E-state index is 8.98. The van der Waals surface area contributed by atoms with Gasteiger partial charge in [-0.3, -0.25) is 0 Å². The Bertz CT molecular complexity index is 102. The molecule has 12 heavy (non-hydrogen) atoms. The van der Waals surface area contributed by atoms with Crippen molar-refractivity contribution < 1.29 is 25.2 Å². The molecule has 3 atom stereocenters. The van der Waals surface area contributed by atoms with E-state index in [1.807, 2.05) is 0 Å². The zero-order chi connectivity index (χ0) is 8.85. The lowest BCUT2D eigenvalue weighted by atomic mass is 10.1. The van der Waals surface area contributed by atoms with Gasteiger partial charge >= 0.3 is 0 Å². The molecule has 0 spiro atoms. The van der Waals surface area contributed by atoms with Gasteiger partial charge in [0.25, 0.3) is 0 Å². The summed E-state index contributed by atoms with van der Waals surface area (Å²) in [5.74, 6) is 0. The number of aliphatic hydroxyl groups is 4. The first kappa shape index (κ1) is 14.6. The molecule has 0 heterocycles. The molecule has 0 aromatic carbocycles. The molecule has 0 aliphatic rings. The van der Waals surface area contributed by atoms with Crippen LogP contribution in [0.25, 0.3) is 0 Å². The summed E-state index contributed by atoms with van der Waals surface area (Å²) in [6, 6.07) is 0. The van der Waals surface area contributed by atoms with E-state index in [0.29, 0.717) is 0 Å². The first-order chi connectivity index (χ1) is 5.13. The van der Waals surface area contributed by atoms with Gasteiger partial charge in [0.05, 0.1) is 13.2 Å². The molecule has 0 aromatic rings. The summed E-state index contributed by atoms with van der Waals surface area (Å²) in [5.41, 5.74) is 0. The van der Waals surface area contributed by atoms with Gasteiger partial charge in [0.1, 0.15) is 18.3 Å². The molecule has 0 aliphatic carbocycles. The van der Waals surface area contributed by atoms with Crippen molar-refractivity contribution in [3.8, 4) is 0 Å². The summed E-state index contributed by atoms with van der Waals surface area (Å²) >= 11 is 0. The molecule has 0 fully saturated rings. The fraction of sp³-hybridized carbons (Fsp3) is 1.00. The molecule has 76 valence electrons. The van der Waals surface area contributed by atoms with Crippen LogP contribution in [0.2, 0.25) is 0 Å². The Morgan fingerprint density at radius 3 is 2.00 bits per heavy atom. The van der Waals surface area contributed by atoms with E-state index in [0.717, 1.165) is 0 Å². The Morgan fingerprint density at radius 2 is 1.67 bits per heavy atom. The zero-order valence-electron chi connectivity index (χ0n) is 6.75. The van der Waals surface area contributed by atoms with Crippen LogP contribution in [0.3, 0.4) is 0 Å². The Hall–Kier alpha value is 0.0900. The minimum Gasteiger partial charge on any atom is -0.394 e. The molecule has 0 unspecified atom stereocenters. The quantitative estimate of drug-likeness (QED) is 0.420. The summed E-state index contributed by atoms with van der Waals surface area (Å²) in [5, 5.41) is 35.1. The highest BCUT2D eigenvalue weighted by molar-refractivity contribution is 5.85. The second-order valence-electron chi connectivity index (χ2n) is 2.26. The lowest BCUT2D eigenvalue weighted by Gasteiger charge is -2.20. The lowest BCUT2D eigenvalue weighted by molar-refractivity contribution is -0.0947. The van der Waals surface area contributed by atoms with Crippen molar-refractivity contribution in [1.82, 2.24) is 0 Å². The van der Waals surface area contributed by atoms with E-state index < -0.39 is 24.9 Å². The van der Waals surface area contributed by atoms with Gasteiger partial charge in [-0.1, -0.05) is 0 Å². The number of hydrogen-bond acceptors (Lipinski definition) is 5. The molecule has 0 aliphatic heterocycles. The van der Waals surface area contributed by atoms with Crippen molar-refractivity contribution in [2.75, 3.05) is 20.3 Å². The van der Waals surface area contributed by atoms with E-state index >= 15 is 0 Å². The van der Waals surface area contributed by atoms with Gasteiger partial charge in [-0.25, -0.2) is 0 Å². The zero-order valence-corrected chi connectivity index (χ0v) is 7.57. The number of aliphatic hydroxyl groups excluding tert-OH is 4. The van der Waals surface area contributed by atoms with E-state index in [1.165, 1.54) is 7.11 Å². The number of methoxy groups -OCH3 is 1. The highest BCUT2D eigenvalue weighted by Crippen LogP contribution is 1.99. The van der Waals surface area contributed by atoms with E-state index in [2.05, 4.69) is 4.74 Å². The van der Waals surface area contributed by atoms with Crippen LogP contribution >= 0.6 is 12.4 Å². The third-order valence-corrected chi connectivity index (χ3v) is 1.31. The molecule has 0 bridgehead atoms. The van der Waals surface area contributed by atoms with E-state index in [9.17, 15) is 0 Å². The highest BCUT2D eigenvalue weighted by Gasteiger charge is 2.23. The third-order valence-electron chi connectivity index (χ3n) is 1.31. The summed E-state index contributed by atoms with van der Waals surface area (Å²) in [7, 11) is 1.36. The molecule has 0 aromatic heterocycles. The van der Waals surface area contributed by atoms with Crippen LogP contribution in [0, 0.1) is 0 Å². The van der Waals surface area contributed by atoms with Crippen LogP contribution in [0.5, 0.6) is 0 Å². The average Bonchev–Trinajstić information content (AvgIpc) is 2.02. The summed E-state index contributed by atoms with van der Waals surface area (Å²) in [6.07, 6.45) is -3.85. The summed E-state index contributed by atoms with van der Waals surface area (Å²) < 4.78 is 4.52. The predicted octanol–water partition coefficient (Wildman–Crippen LogP) is -1.87. The fourth-order valence-electron chi connectivity index (χ4n) is 0.634. The first-order valence-electron chi connectivity index (χ1n) is 3.27. The van der Waals surface area contributed by atoms with Crippen LogP contribution in [0.15, 0.2) is 0 Å². The van der Waals surface area contributed by atoms with Gasteiger partial charge in [-0.2, -0.15) is 0 Å². The first-order valence-corrected chi connectivity index (χ1v) is 3.27. The van der Waals surface area contributed by atoms with Crippen molar-refractivity contribution >= 4 is 12.4 Å². The van der Waals surface area contributed by atoms with E-state index in [-0.39, 0.29) is 19.0 Å². The molecule has 0 rings (SSSR count). The average molecular weight is 203 g/mol. The van der Waals surface area contributed by atoms with Gasteiger partial charge in [0.2, 0.25) is 0 Å².